The molecule has 0 amide bonds. The van der Waals surface area contributed by atoms with Crippen LogP contribution in [0.15, 0.2) is 0 Å². The van der Waals surface area contributed by atoms with Crippen molar-refractivity contribution in [2.45, 2.75) is 51.0 Å². The minimum Gasteiger partial charge on any atom is -0.314 e. The fraction of sp³-hybridized carbons (Fsp3) is 1.00. The summed E-state index contributed by atoms with van der Waals surface area (Å²) in [6.07, 6.45) is 7.60. The van der Waals surface area contributed by atoms with Crippen LogP contribution in [0.5, 0.6) is 0 Å². The maximum absolute atomic E-state index is 12.0. The van der Waals surface area contributed by atoms with Gasteiger partial charge in [-0.3, -0.25) is 0 Å². The largest absolute Gasteiger partial charge is 0.314 e. The van der Waals surface area contributed by atoms with Crippen LogP contribution in [0.1, 0.15) is 44.9 Å². The molecule has 2 fully saturated rings. The molecule has 0 aromatic rings. The lowest BCUT2D eigenvalue weighted by atomic mass is 10.2. The van der Waals surface area contributed by atoms with Gasteiger partial charge in [0.05, 0.1) is 5.75 Å². The van der Waals surface area contributed by atoms with Crippen LogP contribution in [0, 0.1) is 0 Å². The molecule has 0 unspecified atom stereocenters. The van der Waals surface area contributed by atoms with Crippen LogP contribution < -0.4 is 5.32 Å². The van der Waals surface area contributed by atoms with Crippen LogP contribution in [0.25, 0.3) is 0 Å². The lowest BCUT2D eigenvalue weighted by molar-refractivity contribution is 0.346. The molecule has 1 aliphatic heterocycles. The summed E-state index contributed by atoms with van der Waals surface area (Å²) in [4.78, 5) is 0. The molecule has 1 saturated heterocycles. The average molecular weight is 260 g/mol. The summed E-state index contributed by atoms with van der Waals surface area (Å²) >= 11 is 0. The first-order valence-corrected chi connectivity index (χ1v) is 8.50. The van der Waals surface area contributed by atoms with E-state index in [9.17, 15) is 8.42 Å². The van der Waals surface area contributed by atoms with E-state index in [1.807, 2.05) is 0 Å². The molecule has 5 heteroatoms. The summed E-state index contributed by atoms with van der Waals surface area (Å²) in [6, 6.07) is 0.730. The topological polar surface area (TPSA) is 49.4 Å². The van der Waals surface area contributed by atoms with Crippen LogP contribution >= 0.6 is 0 Å². The predicted octanol–water partition coefficient (Wildman–Crippen LogP) is 1.33. The molecular formula is C12H24N2O2S. The van der Waals surface area contributed by atoms with Crippen LogP contribution in [0.2, 0.25) is 0 Å². The van der Waals surface area contributed by atoms with Gasteiger partial charge in [-0.1, -0.05) is 6.42 Å². The fourth-order valence-corrected chi connectivity index (χ4v) is 3.92. The Morgan fingerprint density at radius 2 is 1.76 bits per heavy atom. The van der Waals surface area contributed by atoms with Gasteiger partial charge in [-0.25, -0.2) is 12.7 Å². The molecule has 0 aromatic carbocycles. The van der Waals surface area contributed by atoms with Crippen molar-refractivity contribution in [1.29, 1.82) is 0 Å². The van der Waals surface area contributed by atoms with E-state index in [2.05, 4.69) is 5.32 Å². The van der Waals surface area contributed by atoms with Crippen molar-refractivity contribution in [3.05, 3.63) is 0 Å². The zero-order valence-corrected chi connectivity index (χ0v) is 11.3. The second-order valence-corrected chi connectivity index (χ2v) is 7.30. The van der Waals surface area contributed by atoms with Gasteiger partial charge < -0.3 is 5.32 Å². The van der Waals surface area contributed by atoms with Gasteiger partial charge in [0.15, 0.2) is 0 Å². The Morgan fingerprint density at radius 1 is 1.06 bits per heavy atom. The van der Waals surface area contributed by atoms with E-state index >= 15 is 0 Å². The number of nitrogens with zero attached hydrogens (tertiary/aromatic N) is 1. The lowest BCUT2D eigenvalue weighted by Gasteiger charge is -2.25. The van der Waals surface area contributed by atoms with Crippen molar-refractivity contribution in [2.75, 3.05) is 25.4 Å². The van der Waals surface area contributed by atoms with E-state index < -0.39 is 10.0 Å². The summed E-state index contributed by atoms with van der Waals surface area (Å²) in [6.45, 7) is 2.45. The zero-order valence-electron chi connectivity index (χ0n) is 10.5. The highest BCUT2D eigenvalue weighted by Gasteiger charge is 2.23. The highest BCUT2D eigenvalue weighted by Crippen LogP contribution is 2.18. The summed E-state index contributed by atoms with van der Waals surface area (Å²) in [5.41, 5.74) is 0. The van der Waals surface area contributed by atoms with E-state index in [1.165, 1.54) is 19.3 Å². The first kappa shape index (κ1) is 13.3. The van der Waals surface area contributed by atoms with Gasteiger partial charge in [0, 0.05) is 19.1 Å². The van der Waals surface area contributed by atoms with Gasteiger partial charge in [-0.15, -0.1) is 0 Å². The zero-order chi connectivity index (χ0) is 12.1. The van der Waals surface area contributed by atoms with Gasteiger partial charge in [-0.05, 0) is 45.1 Å². The van der Waals surface area contributed by atoms with Crippen molar-refractivity contribution >= 4 is 10.0 Å². The molecule has 0 atom stereocenters. The molecule has 0 radical (unpaired) electrons. The number of hydrogen-bond donors (Lipinski definition) is 1. The molecule has 0 aromatic heterocycles. The smallest absolute Gasteiger partial charge is 0.214 e. The number of sulfonamides is 1. The second-order valence-electron chi connectivity index (χ2n) is 5.21. The van der Waals surface area contributed by atoms with Crippen LogP contribution in [-0.2, 0) is 10.0 Å². The highest BCUT2D eigenvalue weighted by molar-refractivity contribution is 7.89. The lowest BCUT2D eigenvalue weighted by Crippen LogP contribution is -2.37. The van der Waals surface area contributed by atoms with E-state index in [-0.39, 0.29) is 0 Å². The van der Waals surface area contributed by atoms with Crippen LogP contribution in [0.4, 0.5) is 0 Å². The number of rotatable bonds is 7. The molecule has 0 bridgehead atoms. The maximum Gasteiger partial charge on any atom is 0.214 e. The summed E-state index contributed by atoms with van der Waals surface area (Å²) in [5, 5.41) is 3.41. The third-order valence-corrected chi connectivity index (χ3v) is 5.50. The molecule has 1 N–H and O–H groups in total. The molecular weight excluding hydrogens is 236 g/mol. The number of nitrogens with one attached hydrogen (secondary N) is 1. The third kappa shape index (κ3) is 4.56. The Morgan fingerprint density at radius 3 is 2.41 bits per heavy atom. The Bertz CT molecular complexity index is 319. The molecule has 2 aliphatic rings. The number of hydrogen-bond acceptors (Lipinski definition) is 3. The van der Waals surface area contributed by atoms with Crippen molar-refractivity contribution in [3.8, 4) is 0 Å². The van der Waals surface area contributed by atoms with Gasteiger partial charge >= 0.3 is 0 Å². The molecule has 2 rings (SSSR count). The van der Waals surface area contributed by atoms with Crippen molar-refractivity contribution in [1.82, 2.24) is 9.62 Å². The Kier molecular flexibility index (Phi) is 4.82. The third-order valence-electron chi connectivity index (χ3n) is 3.55. The number of unbranched alkanes of at least 4 members (excludes halogenated alkanes) is 1. The fourth-order valence-electron chi connectivity index (χ4n) is 2.28. The molecule has 1 heterocycles. The minimum absolute atomic E-state index is 0.333. The molecule has 17 heavy (non-hydrogen) atoms. The molecule has 4 nitrogen and oxygen atoms in total. The van der Waals surface area contributed by atoms with Gasteiger partial charge in [-0.2, -0.15) is 0 Å². The molecule has 1 saturated carbocycles. The SMILES string of the molecule is O=S(=O)(CCCCNC1CC1)N1CCCCC1. The van der Waals surface area contributed by atoms with Crippen LogP contribution in [0.3, 0.4) is 0 Å². The van der Waals surface area contributed by atoms with Crippen LogP contribution in [-0.4, -0.2) is 44.2 Å². The Hall–Kier alpha value is -0.130. The number of piperidine rings is 1. The highest BCUT2D eigenvalue weighted by atomic mass is 32.2. The summed E-state index contributed by atoms with van der Waals surface area (Å²) in [7, 11) is -2.96. The monoisotopic (exact) mass is 260 g/mol. The van der Waals surface area contributed by atoms with Crippen molar-refractivity contribution in [2.24, 2.45) is 0 Å². The van der Waals surface area contributed by atoms with Gasteiger partial charge in [0.1, 0.15) is 0 Å². The Labute approximate surface area is 105 Å². The minimum atomic E-state index is -2.96. The predicted molar refractivity (Wildman–Crippen MR) is 69.5 cm³/mol. The quantitative estimate of drug-likeness (QED) is 0.703. The molecule has 0 spiro atoms. The van der Waals surface area contributed by atoms with E-state index in [0.29, 0.717) is 5.75 Å². The van der Waals surface area contributed by atoms with Gasteiger partial charge in [0.2, 0.25) is 10.0 Å². The van der Waals surface area contributed by atoms with Gasteiger partial charge in [0.25, 0.3) is 0 Å². The van der Waals surface area contributed by atoms with E-state index in [1.54, 1.807) is 4.31 Å². The van der Waals surface area contributed by atoms with Crippen molar-refractivity contribution < 1.29 is 8.42 Å². The standard InChI is InChI=1S/C12H24N2O2S/c15-17(16,14-9-3-1-4-10-14)11-5-2-8-13-12-6-7-12/h12-13H,1-11H2. The van der Waals surface area contributed by atoms with E-state index in [0.717, 1.165) is 51.4 Å². The first-order valence-electron chi connectivity index (χ1n) is 6.90. The second kappa shape index (κ2) is 6.16. The summed E-state index contributed by atoms with van der Waals surface area (Å²) < 4.78 is 25.7. The first-order chi connectivity index (χ1) is 8.18. The van der Waals surface area contributed by atoms with E-state index in [4.69, 9.17) is 0 Å². The average Bonchev–Trinajstić information content (AvgIpc) is 3.14. The normalized spacial score (nSPS) is 22.8. The van der Waals surface area contributed by atoms with Crippen molar-refractivity contribution in [3.63, 3.8) is 0 Å². The maximum atomic E-state index is 12.0. The Balaban J connectivity index is 1.61. The molecule has 100 valence electrons. The molecule has 1 aliphatic carbocycles. The summed E-state index contributed by atoms with van der Waals surface area (Å²) in [5.74, 6) is 0.333.